The molecule has 1 rings (SSSR count). The molecular formula is C12H18N2O4. The predicted molar refractivity (Wildman–Crippen MR) is 64.6 cm³/mol. The third-order valence-corrected chi connectivity index (χ3v) is 2.39. The molecule has 1 atom stereocenters. The summed E-state index contributed by atoms with van der Waals surface area (Å²) in [4.78, 5) is 22.7. The van der Waals surface area contributed by atoms with Crippen LogP contribution in [-0.2, 0) is 15.2 Å². The number of hydrogen-bond donors (Lipinski definition) is 3. The van der Waals surface area contributed by atoms with Crippen LogP contribution in [0.1, 0.15) is 26.0 Å². The van der Waals surface area contributed by atoms with E-state index in [1.54, 1.807) is 12.1 Å². The van der Waals surface area contributed by atoms with Crippen LogP contribution in [0.3, 0.4) is 0 Å². The summed E-state index contributed by atoms with van der Waals surface area (Å²) in [7, 11) is 0. The lowest BCUT2D eigenvalue weighted by molar-refractivity contribution is -0.139. The van der Waals surface area contributed by atoms with Gasteiger partial charge in [-0.3, -0.25) is 9.59 Å². The van der Waals surface area contributed by atoms with Gasteiger partial charge in [-0.15, -0.1) is 0 Å². The van der Waals surface area contributed by atoms with Crippen LogP contribution in [0.2, 0.25) is 0 Å². The topological polar surface area (TPSA) is 91.6 Å². The zero-order valence-corrected chi connectivity index (χ0v) is 10.5. The molecule has 1 unspecified atom stereocenters. The molecule has 0 bridgehead atoms. The first-order valence-electron chi connectivity index (χ1n) is 5.79. The maximum atomic E-state index is 11.4. The summed E-state index contributed by atoms with van der Waals surface area (Å²) in [6.45, 7) is 3.73. The van der Waals surface area contributed by atoms with Crippen LogP contribution in [-0.4, -0.2) is 30.0 Å². The Hall–Kier alpha value is -1.82. The van der Waals surface area contributed by atoms with Gasteiger partial charge >= 0.3 is 11.8 Å². The number of amides is 2. The lowest BCUT2D eigenvalue weighted by Gasteiger charge is -2.20. The largest absolute Gasteiger partial charge is 0.466 e. The minimum absolute atomic E-state index is 0.0983. The SMILES string of the molecule is CCCNC(=O)C(=O)NCC(C)(O)c1ccco1. The van der Waals surface area contributed by atoms with E-state index in [1.165, 1.54) is 13.2 Å². The fourth-order valence-electron chi connectivity index (χ4n) is 1.32. The van der Waals surface area contributed by atoms with Gasteiger partial charge in [0.15, 0.2) is 0 Å². The van der Waals surface area contributed by atoms with E-state index in [4.69, 9.17) is 4.42 Å². The van der Waals surface area contributed by atoms with Crippen molar-refractivity contribution in [2.24, 2.45) is 0 Å². The van der Waals surface area contributed by atoms with Gasteiger partial charge in [0.25, 0.3) is 0 Å². The second-order valence-corrected chi connectivity index (χ2v) is 4.19. The molecule has 1 heterocycles. The van der Waals surface area contributed by atoms with E-state index >= 15 is 0 Å². The molecule has 0 radical (unpaired) electrons. The maximum Gasteiger partial charge on any atom is 0.309 e. The first-order valence-corrected chi connectivity index (χ1v) is 5.79. The van der Waals surface area contributed by atoms with Gasteiger partial charge in [-0.2, -0.15) is 0 Å². The van der Waals surface area contributed by atoms with Crippen molar-refractivity contribution in [3.63, 3.8) is 0 Å². The first-order chi connectivity index (χ1) is 8.47. The Balaban J connectivity index is 2.45. The van der Waals surface area contributed by atoms with E-state index in [0.29, 0.717) is 12.3 Å². The molecule has 0 fully saturated rings. The van der Waals surface area contributed by atoms with Crippen molar-refractivity contribution in [3.8, 4) is 0 Å². The van der Waals surface area contributed by atoms with Crippen LogP contribution in [0.15, 0.2) is 22.8 Å². The Morgan fingerprint density at radius 1 is 1.39 bits per heavy atom. The average Bonchev–Trinajstić information content (AvgIpc) is 2.87. The number of aliphatic hydroxyl groups is 1. The van der Waals surface area contributed by atoms with Crippen molar-refractivity contribution < 1.29 is 19.1 Å². The van der Waals surface area contributed by atoms with Gasteiger partial charge in [0.05, 0.1) is 12.8 Å². The first kappa shape index (κ1) is 14.2. The van der Waals surface area contributed by atoms with Gasteiger partial charge in [-0.05, 0) is 25.5 Å². The molecule has 0 saturated carbocycles. The third-order valence-electron chi connectivity index (χ3n) is 2.39. The van der Waals surface area contributed by atoms with E-state index in [1.807, 2.05) is 6.92 Å². The zero-order valence-electron chi connectivity index (χ0n) is 10.5. The quantitative estimate of drug-likeness (QED) is 0.651. The Morgan fingerprint density at radius 3 is 2.61 bits per heavy atom. The van der Waals surface area contributed by atoms with Crippen molar-refractivity contribution in [2.45, 2.75) is 25.9 Å². The number of nitrogens with one attached hydrogen (secondary N) is 2. The van der Waals surface area contributed by atoms with E-state index < -0.39 is 17.4 Å². The van der Waals surface area contributed by atoms with Crippen molar-refractivity contribution in [3.05, 3.63) is 24.2 Å². The molecule has 0 aliphatic heterocycles. The molecule has 100 valence electrons. The molecule has 2 amide bonds. The van der Waals surface area contributed by atoms with Crippen molar-refractivity contribution in [1.82, 2.24) is 10.6 Å². The van der Waals surface area contributed by atoms with Crippen molar-refractivity contribution in [1.29, 1.82) is 0 Å². The van der Waals surface area contributed by atoms with E-state index in [0.717, 1.165) is 6.42 Å². The average molecular weight is 254 g/mol. The molecule has 3 N–H and O–H groups in total. The van der Waals surface area contributed by atoms with Crippen LogP contribution in [0, 0.1) is 0 Å². The normalized spacial score (nSPS) is 13.7. The van der Waals surface area contributed by atoms with Crippen LogP contribution in [0.5, 0.6) is 0 Å². The van der Waals surface area contributed by atoms with Gasteiger partial charge in [-0.25, -0.2) is 0 Å². The van der Waals surface area contributed by atoms with Crippen LogP contribution >= 0.6 is 0 Å². The maximum absolute atomic E-state index is 11.4. The summed E-state index contributed by atoms with van der Waals surface area (Å²) in [6, 6.07) is 3.24. The summed E-state index contributed by atoms with van der Waals surface area (Å²) < 4.78 is 5.05. The number of furan rings is 1. The summed E-state index contributed by atoms with van der Waals surface area (Å²) in [6.07, 6.45) is 2.18. The Kier molecular flexibility index (Phi) is 4.91. The van der Waals surface area contributed by atoms with Crippen LogP contribution in [0.25, 0.3) is 0 Å². The fraction of sp³-hybridized carbons (Fsp3) is 0.500. The smallest absolute Gasteiger partial charge is 0.309 e. The molecule has 0 aliphatic carbocycles. The van der Waals surface area contributed by atoms with Crippen LogP contribution < -0.4 is 10.6 Å². The molecule has 6 heteroatoms. The minimum atomic E-state index is -1.34. The molecule has 0 spiro atoms. The number of hydrogen-bond acceptors (Lipinski definition) is 4. The number of carbonyl (C=O) groups excluding carboxylic acids is 2. The Morgan fingerprint density at radius 2 is 2.06 bits per heavy atom. The zero-order chi connectivity index (χ0) is 13.6. The van der Waals surface area contributed by atoms with E-state index in [-0.39, 0.29) is 6.54 Å². The lowest BCUT2D eigenvalue weighted by Crippen LogP contribution is -2.45. The van der Waals surface area contributed by atoms with Crippen molar-refractivity contribution >= 4 is 11.8 Å². The predicted octanol–water partition coefficient (Wildman–Crippen LogP) is 0.130. The molecular weight excluding hydrogens is 236 g/mol. The van der Waals surface area contributed by atoms with Gasteiger partial charge in [0, 0.05) is 6.54 Å². The van der Waals surface area contributed by atoms with Gasteiger partial charge in [0.2, 0.25) is 0 Å². The summed E-state index contributed by atoms with van der Waals surface area (Å²) in [5.74, 6) is -1.14. The standard InChI is InChI=1S/C12H18N2O4/c1-3-6-13-10(15)11(16)14-8-12(2,17)9-5-4-7-18-9/h4-5,7,17H,3,6,8H2,1-2H3,(H,13,15)(H,14,16). The molecule has 1 aromatic rings. The molecule has 0 aromatic carbocycles. The molecule has 1 aromatic heterocycles. The van der Waals surface area contributed by atoms with Gasteiger partial charge in [0.1, 0.15) is 11.4 Å². The Bertz CT molecular complexity index is 398. The van der Waals surface area contributed by atoms with E-state index in [9.17, 15) is 14.7 Å². The lowest BCUT2D eigenvalue weighted by atomic mass is 10.0. The summed E-state index contributed by atoms with van der Waals surface area (Å²) >= 11 is 0. The third kappa shape index (κ3) is 3.89. The highest BCUT2D eigenvalue weighted by molar-refractivity contribution is 6.35. The highest BCUT2D eigenvalue weighted by Crippen LogP contribution is 2.19. The monoisotopic (exact) mass is 254 g/mol. The second-order valence-electron chi connectivity index (χ2n) is 4.19. The van der Waals surface area contributed by atoms with Gasteiger partial charge < -0.3 is 20.2 Å². The van der Waals surface area contributed by atoms with E-state index in [2.05, 4.69) is 10.6 Å². The molecule has 18 heavy (non-hydrogen) atoms. The second kappa shape index (κ2) is 6.20. The van der Waals surface area contributed by atoms with Crippen molar-refractivity contribution in [2.75, 3.05) is 13.1 Å². The number of rotatable bonds is 5. The van der Waals surface area contributed by atoms with Gasteiger partial charge in [-0.1, -0.05) is 6.92 Å². The fourth-order valence-corrected chi connectivity index (χ4v) is 1.32. The summed E-state index contributed by atoms with van der Waals surface area (Å²) in [5.41, 5.74) is -1.34. The highest BCUT2D eigenvalue weighted by atomic mass is 16.4. The molecule has 6 nitrogen and oxygen atoms in total. The molecule has 0 saturated heterocycles. The minimum Gasteiger partial charge on any atom is -0.466 e. The van der Waals surface area contributed by atoms with Crippen LogP contribution in [0.4, 0.5) is 0 Å². The Labute approximate surface area is 105 Å². The number of carbonyl (C=O) groups is 2. The summed E-state index contributed by atoms with van der Waals surface area (Å²) in [5, 5.41) is 14.8. The molecule has 0 aliphatic rings. The highest BCUT2D eigenvalue weighted by Gasteiger charge is 2.27.